The third-order valence-corrected chi connectivity index (χ3v) is 3.43. The summed E-state index contributed by atoms with van der Waals surface area (Å²) in [4.78, 5) is 14.1. The number of carbonyl (C=O) groups excluding carboxylic acids is 1. The first kappa shape index (κ1) is 15.4. The van der Waals surface area contributed by atoms with Crippen LogP contribution in [0.2, 0.25) is 0 Å². The molecule has 6 heteroatoms. The molecule has 1 amide bonds. The molecule has 0 aliphatic carbocycles. The van der Waals surface area contributed by atoms with E-state index in [2.05, 4.69) is 22.6 Å². The standard InChI is InChI=1S/C12H26N4O2/c1-3-8-16(10-4-6-14-7-5-10)11(9-18-2)12(17)15-13/h10-11,14H,3-9,13H2,1-2H3,(H,15,17). The van der Waals surface area contributed by atoms with Crippen molar-refractivity contribution < 1.29 is 9.53 Å². The van der Waals surface area contributed by atoms with Crippen LogP contribution in [0.1, 0.15) is 26.2 Å². The second-order valence-corrected chi connectivity index (χ2v) is 4.70. The fraction of sp³-hybridized carbons (Fsp3) is 0.917. The molecule has 1 unspecified atom stereocenters. The van der Waals surface area contributed by atoms with Crippen LogP contribution in [0.3, 0.4) is 0 Å². The summed E-state index contributed by atoms with van der Waals surface area (Å²) in [6.07, 6.45) is 3.15. The lowest BCUT2D eigenvalue weighted by molar-refractivity contribution is -0.130. The summed E-state index contributed by atoms with van der Waals surface area (Å²) in [5.41, 5.74) is 2.25. The number of rotatable bonds is 7. The minimum atomic E-state index is -0.289. The van der Waals surface area contributed by atoms with Crippen LogP contribution in [0.4, 0.5) is 0 Å². The predicted molar refractivity (Wildman–Crippen MR) is 70.9 cm³/mol. The van der Waals surface area contributed by atoms with Crippen molar-refractivity contribution in [1.82, 2.24) is 15.6 Å². The highest BCUT2D eigenvalue weighted by atomic mass is 16.5. The first-order chi connectivity index (χ1) is 8.74. The largest absolute Gasteiger partial charge is 0.383 e. The number of ether oxygens (including phenoxy) is 1. The van der Waals surface area contributed by atoms with Gasteiger partial charge in [0, 0.05) is 13.2 Å². The Morgan fingerprint density at radius 1 is 1.56 bits per heavy atom. The number of piperidine rings is 1. The first-order valence-corrected chi connectivity index (χ1v) is 6.70. The van der Waals surface area contributed by atoms with Gasteiger partial charge < -0.3 is 10.1 Å². The van der Waals surface area contributed by atoms with Crippen molar-refractivity contribution >= 4 is 5.91 Å². The quantitative estimate of drug-likeness (QED) is 0.324. The Balaban J connectivity index is 2.73. The second kappa shape index (κ2) is 8.42. The van der Waals surface area contributed by atoms with Crippen LogP contribution in [0.25, 0.3) is 0 Å². The van der Waals surface area contributed by atoms with Crippen molar-refractivity contribution in [3.05, 3.63) is 0 Å². The zero-order valence-electron chi connectivity index (χ0n) is 11.4. The molecule has 4 N–H and O–H groups in total. The molecular formula is C12H26N4O2. The third-order valence-electron chi connectivity index (χ3n) is 3.43. The van der Waals surface area contributed by atoms with Crippen LogP contribution in [-0.4, -0.2) is 56.2 Å². The molecule has 0 aromatic heterocycles. The van der Waals surface area contributed by atoms with Crippen LogP contribution in [0, 0.1) is 0 Å². The lowest BCUT2D eigenvalue weighted by Gasteiger charge is -2.38. The van der Waals surface area contributed by atoms with Gasteiger partial charge in [-0.1, -0.05) is 6.92 Å². The van der Waals surface area contributed by atoms with E-state index in [1.54, 1.807) is 7.11 Å². The number of amides is 1. The van der Waals surface area contributed by atoms with Gasteiger partial charge >= 0.3 is 0 Å². The maximum absolute atomic E-state index is 11.9. The molecule has 18 heavy (non-hydrogen) atoms. The molecule has 0 bridgehead atoms. The molecule has 1 saturated heterocycles. The SMILES string of the molecule is CCCN(C1CCNCC1)C(COC)C(=O)NN. The van der Waals surface area contributed by atoms with E-state index in [0.717, 1.165) is 38.9 Å². The van der Waals surface area contributed by atoms with Crippen LogP contribution >= 0.6 is 0 Å². The average molecular weight is 258 g/mol. The Morgan fingerprint density at radius 3 is 2.72 bits per heavy atom. The number of hydrogen-bond donors (Lipinski definition) is 3. The summed E-state index contributed by atoms with van der Waals surface area (Å²) >= 11 is 0. The van der Waals surface area contributed by atoms with Gasteiger partial charge in [0.15, 0.2) is 0 Å². The highest BCUT2D eigenvalue weighted by Gasteiger charge is 2.31. The third kappa shape index (κ3) is 4.20. The molecule has 1 aliphatic rings. The Labute approximate surface area is 109 Å². The lowest BCUT2D eigenvalue weighted by atomic mass is 10.0. The maximum atomic E-state index is 11.9. The van der Waals surface area contributed by atoms with E-state index in [1.165, 1.54) is 0 Å². The Bertz CT molecular complexity index is 244. The molecule has 1 atom stereocenters. The van der Waals surface area contributed by atoms with E-state index in [9.17, 15) is 4.79 Å². The summed E-state index contributed by atoms with van der Waals surface area (Å²) < 4.78 is 5.17. The first-order valence-electron chi connectivity index (χ1n) is 6.70. The minimum Gasteiger partial charge on any atom is -0.383 e. The smallest absolute Gasteiger partial charge is 0.253 e. The Kier molecular flexibility index (Phi) is 7.19. The number of nitrogens with two attached hydrogens (primary N) is 1. The summed E-state index contributed by atoms with van der Waals surface area (Å²) in [6, 6.07) is 0.145. The van der Waals surface area contributed by atoms with E-state index in [0.29, 0.717) is 12.6 Å². The molecule has 1 rings (SSSR count). The average Bonchev–Trinajstić information content (AvgIpc) is 2.43. The Hall–Kier alpha value is -0.690. The number of hydrogen-bond acceptors (Lipinski definition) is 5. The number of carbonyl (C=O) groups is 1. The normalized spacial score (nSPS) is 18.9. The highest BCUT2D eigenvalue weighted by molar-refractivity contribution is 5.81. The molecule has 106 valence electrons. The topological polar surface area (TPSA) is 79.6 Å². The molecule has 6 nitrogen and oxygen atoms in total. The van der Waals surface area contributed by atoms with E-state index >= 15 is 0 Å². The van der Waals surface area contributed by atoms with Crippen molar-refractivity contribution in [3.63, 3.8) is 0 Å². The van der Waals surface area contributed by atoms with Gasteiger partial charge in [-0.15, -0.1) is 0 Å². The molecular weight excluding hydrogens is 232 g/mol. The van der Waals surface area contributed by atoms with Crippen molar-refractivity contribution in [2.24, 2.45) is 5.84 Å². The second-order valence-electron chi connectivity index (χ2n) is 4.70. The van der Waals surface area contributed by atoms with Gasteiger partial charge in [-0.05, 0) is 38.9 Å². The van der Waals surface area contributed by atoms with Crippen molar-refractivity contribution in [2.75, 3.05) is 33.4 Å². The summed E-state index contributed by atoms with van der Waals surface area (Å²) in [6.45, 7) is 5.42. The molecule has 1 heterocycles. The van der Waals surface area contributed by atoms with E-state index in [4.69, 9.17) is 10.6 Å². The lowest BCUT2D eigenvalue weighted by Crippen LogP contribution is -2.56. The van der Waals surface area contributed by atoms with Gasteiger partial charge in [0.1, 0.15) is 6.04 Å². The van der Waals surface area contributed by atoms with E-state index in [-0.39, 0.29) is 11.9 Å². The van der Waals surface area contributed by atoms with Gasteiger partial charge in [0.2, 0.25) is 0 Å². The molecule has 0 spiro atoms. The summed E-state index contributed by atoms with van der Waals surface area (Å²) in [5.74, 6) is 5.11. The van der Waals surface area contributed by atoms with Crippen molar-refractivity contribution in [2.45, 2.75) is 38.3 Å². The van der Waals surface area contributed by atoms with Gasteiger partial charge in [-0.25, -0.2) is 5.84 Å². The summed E-state index contributed by atoms with van der Waals surface area (Å²) in [7, 11) is 1.61. The van der Waals surface area contributed by atoms with Crippen LogP contribution in [-0.2, 0) is 9.53 Å². The zero-order valence-corrected chi connectivity index (χ0v) is 11.4. The minimum absolute atomic E-state index is 0.163. The number of nitrogens with one attached hydrogen (secondary N) is 2. The summed E-state index contributed by atoms with van der Waals surface area (Å²) in [5, 5.41) is 3.34. The van der Waals surface area contributed by atoms with E-state index < -0.39 is 0 Å². The number of hydrazine groups is 1. The maximum Gasteiger partial charge on any atom is 0.253 e. The monoisotopic (exact) mass is 258 g/mol. The zero-order chi connectivity index (χ0) is 13.4. The molecule has 0 aromatic carbocycles. The van der Waals surface area contributed by atoms with Crippen LogP contribution < -0.4 is 16.6 Å². The predicted octanol–water partition coefficient (Wildman–Crippen LogP) is -0.545. The van der Waals surface area contributed by atoms with Crippen LogP contribution in [0.15, 0.2) is 0 Å². The van der Waals surface area contributed by atoms with E-state index in [1.807, 2.05) is 0 Å². The van der Waals surface area contributed by atoms with Gasteiger partial charge in [0.05, 0.1) is 6.61 Å². The molecule has 0 aromatic rings. The molecule has 1 fully saturated rings. The fourth-order valence-electron chi connectivity index (χ4n) is 2.57. The number of nitrogens with zero attached hydrogens (tertiary/aromatic N) is 1. The van der Waals surface area contributed by atoms with Gasteiger partial charge in [-0.2, -0.15) is 0 Å². The Morgan fingerprint density at radius 2 is 2.22 bits per heavy atom. The molecule has 1 aliphatic heterocycles. The fourth-order valence-corrected chi connectivity index (χ4v) is 2.57. The highest BCUT2D eigenvalue weighted by Crippen LogP contribution is 2.16. The van der Waals surface area contributed by atoms with Gasteiger partial charge in [-0.3, -0.25) is 15.1 Å². The van der Waals surface area contributed by atoms with Gasteiger partial charge in [0.25, 0.3) is 5.91 Å². The molecule has 0 radical (unpaired) electrons. The molecule has 0 saturated carbocycles. The van der Waals surface area contributed by atoms with Crippen LogP contribution in [0.5, 0.6) is 0 Å². The van der Waals surface area contributed by atoms with Crippen molar-refractivity contribution in [1.29, 1.82) is 0 Å². The van der Waals surface area contributed by atoms with Crippen molar-refractivity contribution in [3.8, 4) is 0 Å². The number of methoxy groups -OCH3 is 1.